The van der Waals surface area contributed by atoms with Crippen molar-refractivity contribution in [2.75, 3.05) is 11.6 Å². The second-order valence-corrected chi connectivity index (χ2v) is 8.36. The van der Waals surface area contributed by atoms with E-state index in [0.717, 1.165) is 16.8 Å². The predicted octanol–water partition coefficient (Wildman–Crippen LogP) is 2.93. The van der Waals surface area contributed by atoms with Crippen molar-refractivity contribution in [1.82, 2.24) is 18.7 Å². The summed E-state index contributed by atoms with van der Waals surface area (Å²) in [6, 6.07) is 7.37. The van der Waals surface area contributed by atoms with E-state index in [1.54, 1.807) is 31.1 Å². The molecule has 0 amide bonds. The van der Waals surface area contributed by atoms with Crippen molar-refractivity contribution in [2.24, 2.45) is 12.1 Å². The molecule has 31 heavy (non-hydrogen) atoms. The Bertz CT molecular complexity index is 1370. The highest BCUT2D eigenvalue weighted by Gasteiger charge is 2.28. The van der Waals surface area contributed by atoms with Crippen molar-refractivity contribution >= 4 is 34.4 Å². The molecule has 4 rings (SSSR count). The minimum absolute atomic E-state index is 0.148. The molecule has 0 aliphatic carbocycles. The van der Waals surface area contributed by atoms with Gasteiger partial charge in [0.1, 0.15) is 0 Å². The monoisotopic (exact) mass is 438 g/mol. The second kappa shape index (κ2) is 7.70. The summed E-state index contributed by atoms with van der Waals surface area (Å²) in [6.45, 7) is 12.4. The number of halogens is 1. The van der Waals surface area contributed by atoms with Crippen molar-refractivity contribution in [3.8, 4) is 0 Å². The number of hydrogen-bond donors (Lipinski definition) is 0. The topological polar surface area (TPSA) is 77.4 Å². The van der Waals surface area contributed by atoms with Crippen LogP contribution in [-0.4, -0.2) is 30.9 Å². The number of allylic oxidation sites excluding steroid dienone is 1. The Morgan fingerprint density at radius 3 is 2.35 bits per heavy atom. The molecule has 8 nitrogen and oxygen atoms in total. The summed E-state index contributed by atoms with van der Waals surface area (Å²) in [4.78, 5) is 30.8. The van der Waals surface area contributed by atoms with E-state index in [2.05, 4.69) is 18.1 Å². The van der Waals surface area contributed by atoms with E-state index in [1.807, 2.05) is 23.6 Å². The van der Waals surface area contributed by atoms with Crippen LogP contribution >= 0.6 is 11.6 Å². The Morgan fingerprint density at radius 1 is 1.10 bits per heavy atom. The Hall–Kier alpha value is -3.39. The summed E-state index contributed by atoms with van der Waals surface area (Å²) in [5.41, 5.74) is 3.08. The minimum Gasteiger partial charge on any atom is -0.297 e. The van der Waals surface area contributed by atoms with E-state index in [9.17, 15) is 9.59 Å². The molecule has 0 saturated carbocycles. The van der Waals surface area contributed by atoms with Gasteiger partial charge in [-0.1, -0.05) is 48.0 Å². The van der Waals surface area contributed by atoms with Gasteiger partial charge in [-0.05, 0) is 31.5 Å². The van der Waals surface area contributed by atoms with Gasteiger partial charge in [-0.2, -0.15) is 10.1 Å². The van der Waals surface area contributed by atoms with Crippen molar-refractivity contribution in [3.05, 3.63) is 80.0 Å². The zero-order valence-electron chi connectivity index (χ0n) is 17.7. The lowest BCUT2D eigenvalue weighted by molar-refractivity contribution is 0.648. The third-order valence-electron chi connectivity index (χ3n) is 5.02. The van der Waals surface area contributed by atoms with Crippen LogP contribution in [-0.2, 0) is 20.1 Å². The maximum atomic E-state index is 13.3. The maximum absolute atomic E-state index is 13.3. The van der Waals surface area contributed by atoms with Gasteiger partial charge in [0.05, 0.1) is 25.3 Å². The van der Waals surface area contributed by atoms with Gasteiger partial charge in [-0.25, -0.2) is 9.80 Å². The summed E-state index contributed by atoms with van der Waals surface area (Å²) < 4.78 is 4.40. The number of fused-ring (bicyclic) bond motifs is 3. The standard InChI is InChI=1S/C22H23ClN6O2/c1-13(2)10-28-20(30)18-19(26(5)22(28)31)24-21-27(18)12-17(25-29(21)11-14(3)4)15-6-8-16(23)9-7-15/h6-9H,1,3,10-12H2,2,4-5H3. The summed E-state index contributed by atoms with van der Waals surface area (Å²) in [5.74, 6) is 0.496. The smallest absolute Gasteiger partial charge is 0.297 e. The quantitative estimate of drug-likeness (QED) is 0.574. The van der Waals surface area contributed by atoms with E-state index in [-0.39, 0.29) is 6.54 Å². The lowest BCUT2D eigenvalue weighted by atomic mass is 10.1. The van der Waals surface area contributed by atoms with Crippen LogP contribution in [0.5, 0.6) is 0 Å². The number of aryl methyl sites for hydroxylation is 1. The molecule has 1 aliphatic heterocycles. The van der Waals surface area contributed by atoms with E-state index in [0.29, 0.717) is 40.8 Å². The normalized spacial score (nSPS) is 13.3. The Morgan fingerprint density at radius 2 is 1.74 bits per heavy atom. The average molecular weight is 439 g/mol. The fraction of sp³-hybridized carbons (Fsp3) is 0.273. The fourth-order valence-corrected chi connectivity index (χ4v) is 3.77. The molecule has 2 aromatic heterocycles. The molecule has 0 fully saturated rings. The third-order valence-corrected chi connectivity index (χ3v) is 5.27. The molecular weight excluding hydrogens is 416 g/mol. The number of hydrazone groups is 1. The van der Waals surface area contributed by atoms with Gasteiger partial charge in [0.15, 0.2) is 11.2 Å². The van der Waals surface area contributed by atoms with Gasteiger partial charge in [0, 0.05) is 12.1 Å². The second-order valence-electron chi connectivity index (χ2n) is 7.93. The first kappa shape index (κ1) is 20.9. The van der Waals surface area contributed by atoms with Crippen LogP contribution in [0.3, 0.4) is 0 Å². The number of aromatic nitrogens is 4. The molecule has 0 spiro atoms. The molecular formula is C22H23ClN6O2. The van der Waals surface area contributed by atoms with Crippen molar-refractivity contribution < 1.29 is 0 Å². The zero-order chi connectivity index (χ0) is 22.4. The molecule has 3 aromatic rings. The van der Waals surface area contributed by atoms with Crippen molar-refractivity contribution in [1.29, 1.82) is 0 Å². The lowest BCUT2D eigenvalue weighted by Crippen LogP contribution is -2.40. The van der Waals surface area contributed by atoms with Gasteiger partial charge in [-0.3, -0.25) is 18.5 Å². The number of nitrogens with zero attached hydrogens (tertiary/aromatic N) is 6. The highest BCUT2D eigenvalue weighted by molar-refractivity contribution is 6.30. The largest absolute Gasteiger partial charge is 0.332 e. The predicted molar refractivity (Wildman–Crippen MR) is 124 cm³/mol. The van der Waals surface area contributed by atoms with Crippen LogP contribution in [0.15, 0.2) is 63.3 Å². The number of benzene rings is 1. The molecule has 0 N–H and O–H groups in total. The molecule has 0 saturated heterocycles. The third kappa shape index (κ3) is 3.63. The van der Waals surface area contributed by atoms with Crippen LogP contribution in [0.25, 0.3) is 11.2 Å². The van der Waals surface area contributed by atoms with Gasteiger partial charge in [-0.15, -0.1) is 0 Å². The Kier molecular flexibility index (Phi) is 5.18. The average Bonchev–Trinajstić information content (AvgIpc) is 3.09. The summed E-state index contributed by atoms with van der Waals surface area (Å²) in [7, 11) is 1.61. The lowest BCUT2D eigenvalue weighted by Gasteiger charge is -2.26. The number of hydrogen-bond acceptors (Lipinski definition) is 5. The molecule has 0 unspecified atom stereocenters. The first-order valence-electron chi connectivity index (χ1n) is 9.77. The Balaban J connectivity index is 1.98. The van der Waals surface area contributed by atoms with Crippen LogP contribution in [0, 0.1) is 0 Å². The van der Waals surface area contributed by atoms with Gasteiger partial charge >= 0.3 is 5.69 Å². The van der Waals surface area contributed by atoms with Crippen LogP contribution in [0.2, 0.25) is 5.02 Å². The summed E-state index contributed by atoms with van der Waals surface area (Å²) in [6.07, 6.45) is 0. The fourth-order valence-electron chi connectivity index (χ4n) is 3.64. The molecule has 0 bridgehead atoms. The van der Waals surface area contributed by atoms with Gasteiger partial charge in [0.2, 0.25) is 5.95 Å². The van der Waals surface area contributed by atoms with Gasteiger partial charge < -0.3 is 0 Å². The number of imidazole rings is 1. The molecule has 160 valence electrons. The van der Waals surface area contributed by atoms with Crippen LogP contribution in [0.4, 0.5) is 5.95 Å². The zero-order valence-corrected chi connectivity index (χ0v) is 18.5. The van der Waals surface area contributed by atoms with Crippen molar-refractivity contribution in [3.63, 3.8) is 0 Å². The van der Waals surface area contributed by atoms with Crippen LogP contribution in [0.1, 0.15) is 19.4 Å². The van der Waals surface area contributed by atoms with E-state index < -0.39 is 11.2 Å². The summed E-state index contributed by atoms with van der Waals surface area (Å²) in [5, 5.41) is 7.10. The molecule has 0 radical (unpaired) electrons. The Labute approximate surface area is 184 Å². The molecule has 9 heteroatoms. The van der Waals surface area contributed by atoms with E-state index in [4.69, 9.17) is 16.7 Å². The van der Waals surface area contributed by atoms with E-state index in [1.165, 1.54) is 9.13 Å². The van der Waals surface area contributed by atoms with E-state index >= 15 is 0 Å². The number of anilines is 1. The van der Waals surface area contributed by atoms with Crippen molar-refractivity contribution in [2.45, 2.75) is 26.9 Å². The molecule has 3 heterocycles. The van der Waals surface area contributed by atoms with Gasteiger partial charge in [0.25, 0.3) is 5.56 Å². The molecule has 1 aromatic carbocycles. The van der Waals surface area contributed by atoms with Crippen LogP contribution < -0.4 is 16.3 Å². The number of rotatable bonds is 5. The molecule has 1 aliphatic rings. The highest BCUT2D eigenvalue weighted by atomic mass is 35.5. The highest BCUT2D eigenvalue weighted by Crippen LogP contribution is 2.26. The summed E-state index contributed by atoms with van der Waals surface area (Å²) >= 11 is 6.04. The first-order valence-corrected chi connectivity index (χ1v) is 10.1. The maximum Gasteiger partial charge on any atom is 0.332 e. The first-order chi connectivity index (χ1) is 14.7. The molecule has 0 atom stereocenters. The minimum atomic E-state index is -0.429. The SMILES string of the molecule is C=C(C)CN1N=C(c2ccc(Cl)cc2)Cn2c1nc1c2c(=O)n(CC(=C)C)c(=O)n1C.